The molecule has 0 spiro atoms. The van der Waals surface area contributed by atoms with Crippen LogP contribution in [0.2, 0.25) is 5.02 Å². The summed E-state index contributed by atoms with van der Waals surface area (Å²) in [5, 5.41) is 13.1. The van der Waals surface area contributed by atoms with E-state index in [1.165, 1.54) is 0 Å². The van der Waals surface area contributed by atoms with Crippen molar-refractivity contribution in [2.75, 3.05) is 17.7 Å². The lowest BCUT2D eigenvalue weighted by atomic mass is 10.0. The molecule has 16 heavy (non-hydrogen) atoms. The first kappa shape index (κ1) is 13.1. The Hall–Kier alpha value is -0.930. The highest BCUT2D eigenvalue weighted by Crippen LogP contribution is 2.27. The standard InChI is InChI=1S/C12H19ClN2O/c1-7(2)12(6-16)15-11-5-9(13)10(14)4-8(11)3/h4-5,7,12,15-16H,6,14H2,1-3H3/t12-/m1/s1. The second-order valence-electron chi connectivity index (χ2n) is 4.37. The van der Waals surface area contributed by atoms with Crippen LogP contribution < -0.4 is 11.1 Å². The van der Waals surface area contributed by atoms with Crippen molar-refractivity contribution in [3.63, 3.8) is 0 Å². The fraction of sp³-hybridized carbons (Fsp3) is 0.500. The molecule has 90 valence electrons. The van der Waals surface area contributed by atoms with Crippen molar-refractivity contribution in [1.82, 2.24) is 0 Å². The molecule has 1 aromatic carbocycles. The summed E-state index contributed by atoms with van der Waals surface area (Å²) in [6, 6.07) is 3.66. The molecule has 0 saturated heterocycles. The zero-order valence-electron chi connectivity index (χ0n) is 9.92. The van der Waals surface area contributed by atoms with Gasteiger partial charge in [-0.3, -0.25) is 0 Å². The number of aliphatic hydroxyl groups excluding tert-OH is 1. The van der Waals surface area contributed by atoms with Gasteiger partial charge in [0.05, 0.1) is 23.4 Å². The molecule has 1 atom stereocenters. The second-order valence-corrected chi connectivity index (χ2v) is 4.77. The molecule has 3 nitrogen and oxygen atoms in total. The van der Waals surface area contributed by atoms with Gasteiger partial charge in [-0.15, -0.1) is 0 Å². The van der Waals surface area contributed by atoms with Gasteiger partial charge >= 0.3 is 0 Å². The van der Waals surface area contributed by atoms with E-state index in [4.69, 9.17) is 17.3 Å². The summed E-state index contributed by atoms with van der Waals surface area (Å²) >= 11 is 5.96. The molecule has 0 aliphatic rings. The van der Waals surface area contributed by atoms with Crippen molar-refractivity contribution in [3.05, 3.63) is 22.7 Å². The van der Waals surface area contributed by atoms with Crippen molar-refractivity contribution < 1.29 is 5.11 Å². The van der Waals surface area contributed by atoms with Gasteiger partial charge in [0.15, 0.2) is 0 Å². The molecule has 4 N–H and O–H groups in total. The number of nitrogen functional groups attached to an aromatic ring is 1. The lowest BCUT2D eigenvalue weighted by Gasteiger charge is -2.22. The number of nitrogens with one attached hydrogen (secondary N) is 1. The molecule has 4 heteroatoms. The zero-order valence-corrected chi connectivity index (χ0v) is 10.7. The number of aryl methyl sites for hydroxylation is 1. The van der Waals surface area contributed by atoms with E-state index in [-0.39, 0.29) is 12.6 Å². The highest BCUT2D eigenvalue weighted by atomic mass is 35.5. The molecule has 0 amide bonds. The van der Waals surface area contributed by atoms with Crippen LogP contribution in [0.25, 0.3) is 0 Å². The van der Waals surface area contributed by atoms with Crippen LogP contribution in [0.4, 0.5) is 11.4 Å². The quantitative estimate of drug-likeness (QED) is 0.712. The van der Waals surface area contributed by atoms with Gasteiger partial charge in [-0.05, 0) is 30.5 Å². The van der Waals surface area contributed by atoms with Gasteiger partial charge in [-0.2, -0.15) is 0 Å². The van der Waals surface area contributed by atoms with Gasteiger partial charge in [0.25, 0.3) is 0 Å². The Morgan fingerprint density at radius 2 is 2.06 bits per heavy atom. The smallest absolute Gasteiger partial charge is 0.0656 e. The van der Waals surface area contributed by atoms with Crippen molar-refractivity contribution >= 4 is 23.0 Å². The summed E-state index contributed by atoms with van der Waals surface area (Å²) < 4.78 is 0. The first-order valence-corrected chi connectivity index (χ1v) is 5.76. The van der Waals surface area contributed by atoms with Crippen LogP contribution in [0.5, 0.6) is 0 Å². The Morgan fingerprint density at radius 1 is 1.44 bits per heavy atom. The topological polar surface area (TPSA) is 58.3 Å². The minimum atomic E-state index is 0.0263. The zero-order chi connectivity index (χ0) is 12.3. The predicted octanol–water partition coefficient (Wildman–Crippen LogP) is 2.66. The van der Waals surface area contributed by atoms with Crippen LogP contribution in [0.15, 0.2) is 12.1 Å². The van der Waals surface area contributed by atoms with Gasteiger partial charge < -0.3 is 16.2 Å². The number of hydrogen-bond acceptors (Lipinski definition) is 3. The van der Waals surface area contributed by atoms with Gasteiger partial charge in [0, 0.05) is 5.69 Å². The Balaban J connectivity index is 2.92. The van der Waals surface area contributed by atoms with E-state index in [9.17, 15) is 5.11 Å². The molecule has 1 rings (SSSR count). The van der Waals surface area contributed by atoms with Crippen LogP contribution in [0, 0.1) is 12.8 Å². The number of benzene rings is 1. The maximum absolute atomic E-state index is 9.25. The molecular weight excluding hydrogens is 224 g/mol. The summed E-state index contributed by atoms with van der Waals surface area (Å²) in [4.78, 5) is 0. The first-order chi connectivity index (χ1) is 7.45. The second kappa shape index (κ2) is 5.41. The lowest BCUT2D eigenvalue weighted by Crippen LogP contribution is -2.29. The van der Waals surface area contributed by atoms with Crippen molar-refractivity contribution in [2.24, 2.45) is 5.92 Å². The molecule has 0 fully saturated rings. The Labute approximate surface area is 102 Å². The summed E-state index contributed by atoms with van der Waals surface area (Å²) in [5.74, 6) is 0.348. The molecule has 0 aliphatic carbocycles. The minimum absolute atomic E-state index is 0.0263. The van der Waals surface area contributed by atoms with Crippen LogP contribution in [0.3, 0.4) is 0 Å². The van der Waals surface area contributed by atoms with Gasteiger partial charge in [-0.25, -0.2) is 0 Å². The third kappa shape index (κ3) is 3.03. The highest BCUT2D eigenvalue weighted by molar-refractivity contribution is 6.33. The molecule has 0 heterocycles. The third-order valence-corrected chi connectivity index (χ3v) is 3.01. The molecule has 0 saturated carbocycles. The SMILES string of the molecule is Cc1cc(N)c(Cl)cc1N[C@H](CO)C(C)C. The van der Waals surface area contributed by atoms with E-state index in [1.54, 1.807) is 6.07 Å². The highest BCUT2D eigenvalue weighted by Gasteiger charge is 2.13. The molecule has 0 aromatic heterocycles. The Bertz CT molecular complexity index is 366. The number of rotatable bonds is 4. The minimum Gasteiger partial charge on any atom is -0.398 e. The van der Waals surface area contributed by atoms with E-state index in [2.05, 4.69) is 19.2 Å². The molecule has 0 bridgehead atoms. The predicted molar refractivity (Wildman–Crippen MR) is 69.9 cm³/mol. The molecular formula is C12H19ClN2O. The van der Waals surface area contributed by atoms with Crippen molar-refractivity contribution in [2.45, 2.75) is 26.8 Å². The Morgan fingerprint density at radius 3 is 2.56 bits per heavy atom. The van der Waals surface area contributed by atoms with Gasteiger partial charge in [0.2, 0.25) is 0 Å². The third-order valence-electron chi connectivity index (χ3n) is 2.69. The maximum Gasteiger partial charge on any atom is 0.0656 e. The lowest BCUT2D eigenvalue weighted by molar-refractivity contribution is 0.249. The summed E-state index contributed by atoms with van der Waals surface area (Å²) in [6.45, 7) is 6.17. The van der Waals surface area contributed by atoms with Crippen molar-refractivity contribution in [3.8, 4) is 0 Å². The average molecular weight is 243 g/mol. The maximum atomic E-state index is 9.25. The first-order valence-electron chi connectivity index (χ1n) is 5.38. The number of nitrogens with two attached hydrogens (primary N) is 1. The van der Waals surface area contributed by atoms with Crippen LogP contribution in [-0.4, -0.2) is 17.8 Å². The Kier molecular flexibility index (Phi) is 4.44. The number of halogens is 1. The molecule has 0 radical (unpaired) electrons. The van der Waals surface area contributed by atoms with E-state index < -0.39 is 0 Å². The fourth-order valence-electron chi connectivity index (χ4n) is 1.48. The largest absolute Gasteiger partial charge is 0.398 e. The van der Waals surface area contributed by atoms with E-state index in [0.717, 1.165) is 11.3 Å². The number of hydrogen-bond donors (Lipinski definition) is 3. The monoisotopic (exact) mass is 242 g/mol. The summed E-state index contributed by atoms with van der Waals surface area (Å²) in [6.07, 6.45) is 0. The molecule has 0 aliphatic heterocycles. The van der Waals surface area contributed by atoms with Gasteiger partial charge in [-0.1, -0.05) is 25.4 Å². The number of anilines is 2. The van der Waals surface area contributed by atoms with Crippen LogP contribution in [-0.2, 0) is 0 Å². The fourth-order valence-corrected chi connectivity index (χ4v) is 1.65. The molecule has 0 unspecified atom stereocenters. The van der Waals surface area contributed by atoms with Crippen LogP contribution in [0.1, 0.15) is 19.4 Å². The normalized spacial score (nSPS) is 12.9. The summed E-state index contributed by atoms with van der Waals surface area (Å²) in [5.41, 5.74) is 8.23. The van der Waals surface area contributed by atoms with E-state index in [0.29, 0.717) is 16.6 Å². The van der Waals surface area contributed by atoms with E-state index in [1.807, 2.05) is 13.0 Å². The number of aliphatic hydroxyl groups is 1. The van der Waals surface area contributed by atoms with Crippen LogP contribution >= 0.6 is 11.6 Å². The average Bonchev–Trinajstić information content (AvgIpc) is 2.21. The van der Waals surface area contributed by atoms with E-state index >= 15 is 0 Å². The van der Waals surface area contributed by atoms with Gasteiger partial charge in [0.1, 0.15) is 0 Å². The van der Waals surface area contributed by atoms with Crippen molar-refractivity contribution in [1.29, 1.82) is 0 Å². The molecule has 1 aromatic rings. The summed E-state index contributed by atoms with van der Waals surface area (Å²) in [7, 11) is 0.